The number of likely N-dealkylation sites (tertiary alicyclic amines) is 1. The minimum atomic E-state index is 0.523. The summed E-state index contributed by atoms with van der Waals surface area (Å²) in [5.41, 5.74) is 0.950. The highest BCUT2D eigenvalue weighted by molar-refractivity contribution is 5.37. The molecule has 90 valence electrons. The summed E-state index contributed by atoms with van der Waals surface area (Å²) in [5, 5.41) is 8.58. The summed E-state index contributed by atoms with van der Waals surface area (Å²) in [5.74, 6) is 1.64. The van der Waals surface area contributed by atoms with Crippen LogP contribution in [0.3, 0.4) is 0 Å². The smallest absolute Gasteiger partial charge is 0.160 e. The van der Waals surface area contributed by atoms with Gasteiger partial charge in [0, 0.05) is 24.7 Å². The zero-order valence-corrected chi connectivity index (χ0v) is 10.4. The maximum atomic E-state index is 4.36. The first kappa shape index (κ1) is 10.7. The van der Waals surface area contributed by atoms with E-state index in [9.17, 15) is 0 Å². The van der Waals surface area contributed by atoms with Crippen molar-refractivity contribution < 1.29 is 0 Å². The topological polar surface area (TPSA) is 33.4 Å². The second-order valence-electron chi connectivity index (χ2n) is 5.06. The zero-order chi connectivity index (χ0) is 11.8. The van der Waals surface area contributed by atoms with Crippen molar-refractivity contribution in [2.75, 3.05) is 13.1 Å². The van der Waals surface area contributed by atoms with Gasteiger partial charge in [0.05, 0.1) is 0 Å². The molecule has 3 heterocycles. The highest BCUT2D eigenvalue weighted by Crippen LogP contribution is 2.27. The summed E-state index contributed by atoms with van der Waals surface area (Å²) in [7, 11) is 0. The predicted octanol–water partition coefficient (Wildman–Crippen LogP) is 1.93. The van der Waals surface area contributed by atoms with E-state index in [0.717, 1.165) is 18.0 Å². The molecule has 0 bridgehead atoms. The molecule has 0 aromatic carbocycles. The molecule has 1 aliphatic heterocycles. The van der Waals surface area contributed by atoms with Crippen LogP contribution in [-0.4, -0.2) is 38.6 Å². The first-order chi connectivity index (χ1) is 8.25. The molecule has 0 aliphatic carbocycles. The largest absolute Gasteiger partial charge is 0.300 e. The van der Waals surface area contributed by atoms with Crippen molar-refractivity contribution in [1.82, 2.24) is 19.5 Å². The molecule has 1 unspecified atom stereocenters. The molecule has 2 aromatic rings. The second kappa shape index (κ2) is 4.11. The molecule has 2 aromatic heterocycles. The predicted molar refractivity (Wildman–Crippen MR) is 67.1 cm³/mol. The van der Waals surface area contributed by atoms with Gasteiger partial charge in [-0.15, -0.1) is 10.2 Å². The number of nitrogens with zero attached hydrogens (tertiary/aromatic N) is 4. The summed E-state index contributed by atoms with van der Waals surface area (Å²) in [6, 6.07) is 6.67. The van der Waals surface area contributed by atoms with Gasteiger partial charge in [-0.05, 0) is 38.9 Å². The van der Waals surface area contributed by atoms with Crippen LogP contribution in [0.1, 0.15) is 32.0 Å². The van der Waals surface area contributed by atoms with Crippen LogP contribution in [0, 0.1) is 0 Å². The Labute approximate surface area is 101 Å². The van der Waals surface area contributed by atoms with Crippen molar-refractivity contribution >= 4 is 5.65 Å². The lowest BCUT2D eigenvalue weighted by atomic mass is 10.1. The molecule has 1 atom stereocenters. The fraction of sp³-hybridized carbons (Fsp3) is 0.538. The molecule has 1 aliphatic rings. The van der Waals surface area contributed by atoms with Crippen molar-refractivity contribution in [1.29, 1.82) is 0 Å². The first-order valence-electron chi connectivity index (χ1n) is 6.29. The molecule has 3 rings (SSSR count). The van der Waals surface area contributed by atoms with E-state index in [4.69, 9.17) is 0 Å². The average Bonchev–Trinajstić information content (AvgIpc) is 2.95. The maximum Gasteiger partial charge on any atom is 0.160 e. The van der Waals surface area contributed by atoms with Crippen molar-refractivity contribution in [2.45, 2.75) is 32.2 Å². The molecule has 0 spiro atoms. The molecule has 1 fully saturated rings. The van der Waals surface area contributed by atoms with Crippen molar-refractivity contribution in [2.24, 2.45) is 0 Å². The van der Waals surface area contributed by atoms with Crippen LogP contribution in [0.15, 0.2) is 24.4 Å². The van der Waals surface area contributed by atoms with Crippen LogP contribution in [-0.2, 0) is 0 Å². The Morgan fingerprint density at radius 3 is 2.94 bits per heavy atom. The Morgan fingerprint density at radius 2 is 2.18 bits per heavy atom. The van der Waals surface area contributed by atoms with Crippen LogP contribution in [0.5, 0.6) is 0 Å². The highest BCUT2D eigenvalue weighted by atomic mass is 15.3. The Bertz CT molecular complexity index is 517. The fourth-order valence-corrected chi connectivity index (χ4v) is 2.61. The molecule has 4 nitrogen and oxygen atoms in total. The fourth-order valence-electron chi connectivity index (χ4n) is 2.61. The monoisotopic (exact) mass is 230 g/mol. The number of fused-ring (bicyclic) bond motifs is 1. The van der Waals surface area contributed by atoms with Gasteiger partial charge < -0.3 is 4.90 Å². The minimum absolute atomic E-state index is 0.523. The summed E-state index contributed by atoms with van der Waals surface area (Å²) in [6.07, 6.45) is 3.25. The third-order valence-corrected chi connectivity index (χ3v) is 3.66. The normalized spacial score (nSPS) is 21.7. The maximum absolute atomic E-state index is 4.36. The standard InChI is InChI=1S/C13H18N4/c1-10(2)16-8-6-11(9-16)13-15-14-12-5-3-4-7-17(12)13/h3-5,7,10-11H,6,8-9H2,1-2H3. The van der Waals surface area contributed by atoms with E-state index in [0.29, 0.717) is 12.0 Å². The summed E-state index contributed by atoms with van der Waals surface area (Å²) >= 11 is 0. The van der Waals surface area contributed by atoms with Crippen LogP contribution in [0.4, 0.5) is 0 Å². The molecule has 0 saturated carbocycles. The highest BCUT2D eigenvalue weighted by Gasteiger charge is 2.28. The summed E-state index contributed by atoms with van der Waals surface area (Å²) < 4.78 is 2.12. The van der Waals surface area contributed by atoms with Crippen LogP contribution < -0.4 is 0 Å². The van der Waals surface area contributed by atoms with E-state index in [1.54, 1.807) is 0 Å². The number of hydrogen-bond donors (Lipinski definition) is 0. The Hall–Kier alpha value is -1.42. The molecular formula is C13H18N4. The lowest BCUT2D eigenvalue weighted by Gasteiger charge is -2.19. The van der Waals surface area contributed by atoms with Gasteiger partial charge in [0.2, 0.25) is 0 Å². The molecular weight excluding hydrogens is 212 g/mol. The van der Waals surface area contributed by atoms with Gasteiger partial charge in [-0.2, -0.15) is 0 Å². The molecule has 0 N–H and O–H groups in total. The Morgan fingerprint density at radius 1 is 1.29 bits per heavy atom. The lowest BCUT2D eigenvalue weighted by molar-refractivity contribution is 0.271. The van der Waals surface area contributed by atoms with Crippen LogP contribution in [0.2, 0.25) is 0 Å². The van der Waals surface area contributed by atoms with E-state index in [2.05, 4.69) is 39.5 Å². The summed E-state index contributed by atoms with van der Waals surface area (Å²) in [4.78, 5) is 2.51. The average molecular weight is 230 g/mol. The minimum Gasteiger partial charge on any atom is -0.300 e. The van der Waals surface area contributed by atoms with E-state index in [1.165, 1.54) is 13.0 Å². The van der Waals surface area contributed by atoms with Gasteiger partial charge in [-0.1, -0.05) is 6.07 Å². The molecule has 1 saturated heterocycles. The molecule has 17 heavy (non-hydrogen) atoms. The Balaban J connectivity index is 1.90. The zero-order valence-electron chi connectivity index (χ0n) is 10.4. The second-order valence-corrected chi connectivity index (χ2v) is 5.06. The lowest BCUT2D eigenvalue weighted by Crippen LogP contribution is -2.28. The molecule has 0 radical (unpaired) electrons. The van der Waals surface area contributed by atoms with E-state index in [1.807, 2.05) is 18.2 Å². The van der Waals surface area contributed by atoms with Gasteiger partial charge in [-0.25, -0.2) is 0 Å². The van der Waals surface area contributed by atoms with Gasteiger partial charge in [0.15, 0.2) is 5.65 Å². The number of hydrogen-bond acceptors (Lipinski definition) is 3. The van der Waals surface area contributed by atoms with Gasteiger partial charge in [0.1, 0.15) is 5.82 Å². The van der Waals surface area contributed by atoms with E-state index >= 15 is 0 Å². The third kappa shape index (κ3) is 1.82. The number of rotatable bonds is 2. The quantitative estimate of drug-likeness (QED) is 0.790. The van der Waals surface area contributed by atoms with Gasteiger partial charge >= 0.3 is 0 Å². The SMILES string of the molecule is CC(C)N1CCC(c2nnc3ccccn23)C1. The third-order valence-electron chi connectivity index (χ3n) is 3.66. The van der Waals surface area contributed by atoms with Gasteiger partial charge in [0.25, 0.3) is 0 Å². The van der Waals surface area contributed by atoms with E-state index in [-0.39, 0.29) is 0 Å². The van der Waals surface area contributed by atoms with Crippen LogP contribution in [0.25, 0.3) is 5.65 Å². The first-order valence-corrected chi connectivity index (χ1v) is 6.29. The number of aromatic nitrogens is 3. The van der Waals surface area contributed by atoms with E-state index < -0.39 is 0 Å². The van der Waals surface area contributed by atoms with Crippen molar-refractivity contribution in [3.8, 4) is 0 Å². The summed E-state index contributed by atoms with van der Waals surface area (Å²) in [6.45, 7) is 6.78. The van der Waals surface area contributed by atoms with Crippen LogP contribution >= 0.6 is 0 Å². The molecule has 0 amide bonds. The number of pyridine rings is 1. The molecule has 4 heteroatoms. The van der Waals surface area contributed by atoms with Gasteiger partial charge in [-0.3, -0.25) is 4.40 Å². The Kier molecular flexibility index (Phi) is 2.59. The van der Waals surface area contributed by atoms with Crippen molar-refractivity contribution in [3.63, 3.8) is 0 Å². The van der Waals surface area contributed by atoms with Crippen molar-refractivity contribution in [3.05, 3.63) is 30.2 Å².